The SMILES string of the molecule is CCc1ccc(Cc2nc3c(Cc4ccccc4)nc(-c4ccccc4)cn3c2OC(C)=O)o1. The number of benzene rings is 2. The summed E-state index contributed by atoms with van der Waals surface area (Å²) in [6.45, 7) is 3.44. The maximum atomic E-state index is 12.0. The number of aryl methyl sites for hydroxylation is 1. The highest BCUT2D eigenvalue weighted by Gasteiger charge is 2.21. The zero-order valence-electron chi connectivity index (χ0n) is 19.2. The summed E-state index contributed by atoms with van der Waals surface area (Å²) in [6.07, 6.45) is 3.71. The fourth-order valence-corrected chi connectivity index (χ4v) is 4.02. The summed E-state index contributed by atoms with van der Waals surface area (Å²) in [5.74, 6) is 1.67. The monoisotopic (exact) mass is 451 g/mol. The van der Waals surface area contributed by atoms with Crippen LogP contribution in [0.15, 0.2) is 83.4 Å². The number of carbonyl (C=O) groups is 1. The molecule has 34 heavy (non-hydrogen) atoms. The van der Waals surface area contributed by atoms with E-state index in [1.54, 1.807) is 0 Å². The number of imidazole rings is 1. The van der Waals surface area contributed by atoms with Crippen molar-refractivity contribution in [2.24, 2.45) is 0 Å². The largest absolute Gasteiger partial charge is 0.466 e. The van der Waals surface area contributed by atoms with E-state index in [4.69, 9.17) is 19.1 Å². The van der Waals surface area contributed by atoms with Gasteiger partial charge in [-0.3, -0.25) is 9.20 Å². The molecule has 6 heteroatoms. The summed E-state index contributed by atoms with van der Waals surface area (Å²) < 4.78 is 13.4. The maximum absolute atomic E-state index is 12.0. The van der Waals surface area contributed by atoms with Crippen LogP contribution < -0.4 is 4.74 Å². The van der Waals surface area contributed by atoms with Crippen molar-refractivity contribution in [3.05, 3.63) is 107 Å². The van der Waals surface area contributed by atoms with Crippen molar-refractivity contribution in [1.82, 2.24) is 14.4 Å². The Morgan fingerprint density at radius 2 is 1.59 bits per heavy atom. The molecule has 0 aliphatic rings. The highest BCUT2D eigenvalue weighted by molar-refractivity contribution is 5.70. The third kappa shape index (κ3) is 4.48. The second kappa shape index (κ2) is 9.35. The number of ether oxygens (including phenoxy) is 1. The molecule has 2 aromatic carbocycles. The first-order chi connectivity index (χ1) is 16.6. The average Bonchev–Trinajstić information content (AvgIpc) is 3.45. The van der Waals surface area contributed by atoms with Gasteiger partial charge in [0.2, 0.25) is 5.88 Å². The lowest BCUT2D eigenvalue weighted by molar-refractivity contribution is -0.132. The number of carbonyl (C=O) groups excluding carboxylic acids is 1. The van der Waals surface area contributed by atoms with Gasteiger partial charge in [0.05, 0.1) is 17.8 Å². The minimum Gasteiger partial charge on any atom is -0.466 e. The van der Waals surface area contributed by atoms with Crippen LogP contribution in [0.3, 0.4) is 0 Å². The van der Waals surface area contributed by atoms with E-state index in [1.165, 1.54) is 6.92 Å². The van der Waals surface area contributed by atoms with Crippen molar-refractivity contribution in [3.63, 3.8) is 0 Å². The Morgan fingerprint density at radius 1 is 0.882 bits per heavy atom. The second-order valence-electron chi connectivity index (χ2n) is 8.15. The summed E-state index contributed by atoms with van der Waals surface area (Å²) in [5, 5.41) is 0. The Bertz CT molecular complexity index is 1440. The predicted molar refractivity (Wildman–Crippen MR) is 130 cm³/mol. The van der Waals surface area contributed by atoms with Gasteiger partial charge in [0, 0.05) is 31.5 Å². The summed E-state index contributed by atoms with van der Waals surface area (Å²) in [7, 11) is 0. The van der Waals surface area contributed by atoms with Crippen LogP contribution in [0, 0.1) is 0 Å². The molecule has 0 bridgehead atoms. The lowest BCUT2D eigenvalue weighted by Gasteiger charge is -2.10. The standard InChI is InChI=1S/C28H25N3O3/c1-3-22-14-15-23(34-22)17-25-28(33-19(2)32)31-18-26(21-12-8-5-9-13-21)29-24(27(31)30-25)16-20-10-6-4-7-11-20/h4-15,18H,3,16-17H2,1-2H3. The lowest BCUT2D eigenvalue weighted by Crippen LogP contribution is -2.07. The number of aromatic nitrogens is 3. The first-order valence-corrected chi connectivity index (χ1v) is 11.4. The molecule has 170 valence electrons. The molecule has 0 amide bonds. The Kier molecular flexibility index (Phi) is 5.95. The molecule has 0 saturated heterocycles. The minimum absolute atomic E-state index is 0.394. The molecule has 0 aliphatic carbocycles. The van der Waals surface area contributed by atoms with Crippen LogP contribution in [-0.2, 0) is 24.1 Å². The zero-order chi connectivity index (χ0) is 23.5. The number of furan rings is 1. The van der Waals surface area contributed by atoms with E-state index in [-0.39, 0.29) is 0 Å². The third-order valence-corrected chi connectivity index (χ3v) is 5.63. The van der Waals surface area contributed by atoms with Gasteiger partial charge in [0.25, 0.3) is 0 Å². The van der Waals surface area contributed by atoms with E-state index in [2.05, 4.69) is 12.1 Å². The van der Waals surface area contributed by atoms with Gasteiger partial charge in [-0.25, -0.2) is 9.97 Å². The van der Waals surface area contributed by atoms with Crippen molar-refractivity contribution in [2.45, 2.75) is 33.1 Å². The van der Waals surface area contributed by atoms with Gasteiger partial charge in [0.1, 0.15) is 17.2 Å². The zero-order valence-corrected chi connectivity index (χ0v) is 19.2. The Hall–Kier alpha value is -4.19. The molecular weight excluding hydrogens is 426 g/mol. The molecule has 5 aromatic rings. The smallest absolute Gasteiger partial charge is 0.309 e. The fraction of sp³-hybridized carbons (Fsp3) is 0.179. The molecular formula is C28H25N3O3. The first-order valence-electron chi connectivity index (χ1n) is 11.4. The average molecular weight is 452 g/mol. The van der Waals surface area contributed by atoms with Crippen LogP contribution in [0.5, 0.6) is 5.88 Å². The van der Waals surface area contributed by atoms with Gasteiger partial charge in [-0.2, -0.15) is 0 Å². The highest BCUT2D eigenvalue weighted by Crippen LogP contribution is 2.29. The van der Waals surface area contributed by atoms with Crippen molar-refractivity contribution in [1.29, 1.82) is 0 Å². The molecule has 0 unspecified atom stereocenters. The molecule has 6 nitrogen and oxygen atoms in total. The van der Waals surface area contributed by atoms with Crippen molar-refractivity contribution in [3.8, 4) is 17.1 Å². The summed E-state index contributed by atoms with van der Waals surface area (Å²) in [5.41, 5.74) is 4.98. The molecule has 0 radical (unpaired) electrons. The summed E-state index contributed by atoms with van der Waals surface area (Å²) in [4.78, 5) is 21.9. The number of esters is 1. The quantitative estimate of drug-likeness (QED) is 0.299. The first kappa shape index (κ1) is 21.6. The van der Waals surface area contributed by atoms with Crippen LogP contribution in [-0.4, -0.2) is 20.3 Å². The Balaban J connectivity index is 1.69. The number of fused-ring (bicyclic) bond motifs is 1. The van der Waals surface area contributed by atoms with Gasteiger partial charge in [-0.05, 0) is 17.7 Å². The normalized spacial score (nSPS) is 11.1. The summed E-state index contributed by atoms with van der Waals surface area (Å²) in [6, 6.07) is 24.0. The van der Waals surface area contributed by atoms with Crippen LogP contribution in [0.25, 0.3) is 16.9 Å². The van der Waals surface area contributed by atoms with E-state index in [0.29, 0.717) is 30.1 Å². The van der Waals surface area contributed by atoms with Crippen molar-refractivity contribution < 1.29 is 13.9 Å². The Labute approximate surface area is 197 Å². The molecule has 0 saturated carbocycles. The van der Waals surface area contributed by atoms with Gasteiger partial charge in [-0.1, -0.05) is 67.6 Å². The van der Waals surface area contributed by atoms with Gasteiger partial charge in [-0.15, -0.1) is 0 Å². The van der Waals surface area contributed by atoms with Crippen molar-refractivity contribution in [2.75, 3.05) is 0 Å². The second-order valence-corrected chi connectivity index (χ2v) is 8.15. The van der Waals surface area contributed by atoms with E-state index in [9.17, 15) is 4.79 Å². The van der Waals surface area contributed by atoms with E-state index in [1.807, 2.05) is 78.2 Å². The van der Waals surface area contributed by atoms with Gasteiger partial charge in [0.15, 0.2) is 5.65 Å². The number of hydrogen-bond donors (Lipinski definition) is 0. The van der Waals surface area contributed by atoms with E-state index < -0.39 is 5.97 Å². The van der Waals surface area contributed by atoms with Crippen molar-refractivity contribution >= 4 is 11.6 Å². The maximum Gasteiger partial charge on any atom is 0.309 e. The fourth-order valence-electron chi connectivity index (χ4n) is 4.02. The predicted octanol–water partition coefficient (Wildman–Crippen LogP) is 5.66. The molecule has 0 spiro atoms. The molecule has 0 aliphatic heterocycles. The molecule has 0 N–H and O–H groups in total. The van der Waals surface area contributed by atoms with E-state index in [0.717, 1.165) is 40.5 Å². The molecule has 0 atom stereocenters. The molecule has 3 heterocycles. The number of hydrogen-bond acceptors (Lipinski definition) is 5. The topological polar surface area (TPSA) is 69.6 Å². The molecule has 3 aromatic heterocycles. The van der Waals surface area contributed by atoms with E-state index >= 15 is 0 Å². The number of nitrogens with zero attached hydrogens (tertiary/aromatic N) is 3. The van der Waals surface area contributed by atoms with Crippen LogP contribution in [0.1, 0.15) is 42.3 Å². The van der Waals surface area contributed by atoms with Gasteiger partial charge >= 0.3 is 5.97 Å². The molecule has 0 fully saturated rings. The highest BCUT2D eigenvalue weighted by atomic mass is 16.5. The van der Waals surface area contributed by atoms with Crippen LogP contribution in [0.4, 0.5) is 0 Å². The lowest BCUT2D eigenvalue weighted by atomic mass is 10.1. The van der Waals surface area contributed by atoms with Crippen LogP contribution >= 0.6 is 0 Å². The summed E-state index contributed by atoms with van der Waals surface area (Å²) >= 11 is 0. The van der Waals surface area contributed by atoms with Crippen LogP contribution in [0.2, 0.25) is 0 Å². The Morgan fingerprint density at radius 3 is 2.26 bits per heavy atom. The third-order valence-electron chi connectivity index (χ3n) is 5.63. The minimum atomic E-state index is -0.403. The van der Waals surface area contributed by atoms with Gasteiger partial charge < -0.3 is 9.15 Å². The number of rotatable bonds is 7. The molecule has 5 rings (SSSR count).